The van der Waals surface area contributed by atoms with Gasteiger partial charge in [0.05, 0.1) is 36.9 Å². The first-order chi connectivity index (χ1) is 26.5. The molecule has 0 radical (unpaired) electrons. The van der Waals surface area contributed by atoms with E-state index in [-0.39, 0.29) is 13.2 Å². The number of rotatable bonds is 16. The lowest BCUT2D eigenvalue weighted by Crippen LogP contribution is -2.45. The summed E-state index contributed by atoms with van der Waals surface area (Å²) in [5, 5.41) is -2.68. The van der Waals surface area contributed by atoms with E-state index >= 15 is 4.39 Å². The van der Waals surface area contributed by atoms with Crippen molar-refractivity contribution in [2.45, 2.75) is 130 Å². The van der Waals surface area contributed by atoms with Crippen molar-refractivity contribution in [3.63, 3.8) is 0 Å². The zero-order chi connectivity index (χ0) is 44.4. The van der Waals surface area contributed by atoms with E-state index in [9.17, 15) is 33.3 Å². The Kier molecular flexibility index (Phi) is 18.2. The molecule has 0 aliphatic carbocycles. The summed E-state index contributed by atoms with van der Waals surface area (Å²) in [6, 6.07) is 1.09. The smallest absolute Gasteiger partial charge is 0.463 e. The van der Waals surface area contributed by atoms with E-state index in [1.165, 1.54) is 0 Å². The maximum Gasteiger partial charge on any atom is 0.509 e. The fourth-order valence-corrected chi connectivity index (χ4v) is 7.10. The molecule has 0 bridgehead atoms. The Morgan fingerprint density at radius 1 is 0.793 bits per heavy atom. The summed E-state index contributed by atoms with van der Waals surface area (Å²) >= 11 is 0.731. The van der Waals surface area contributed by atoms with Gasteiger partial charge in [-0.3, -0.25) is 27.7 Å². The summed E-state index contributed by atoms with van der Waals surface area (Å²) in [6.45, 7) is 18.2. The third kappa shape index (κ3) is 16.8. The Hall–Kier alpha value is -3.78. The quantitative estimate of drug-likeness (QED) is 0.0725. The molecule has 1 aromatic heterocycles. The fraction of sp³-hybridized carbons (Fsp3) is 0.750. The standard InChI is InChI=1S/C36H57FN3O16PS/c1-21(2)28(41)48-16-18-50-57(47,51-19-17-49-29(42)22(3)4)52-20-23-26(53-33(46)56-36(11,12)13)25(37)27(58-23)39-15-14-24(38-30(39)43)40(31(44)54-34(5,6)7)32(45)55-35(8,9)10/h14-15,21-23,25-27H,16-20H2,1-13H3/t23-,25+,26-,27-/m1/s1. The van der Waals surface area contributed by atoms with Crippen LogP contribution in [0, 0.1) is 11.8 Å². The summed E-state index contributed by atoms with van der Waals surface area (Å²) < 4.78 is 78.8. The number of hydrogen-bond donors (Lipinski definition) is 0. The molecule has 2 rings (SSSR count). The number of nitrogens with zero attached hydrogens (tertiary/aromatic N) is 3. The number of halogens is 1. The summed E-state index contributed by atoms with van der Waals surface area (Å²) in [4.78, 5) is 80.7. The highest BCUT2D eigenvalue weighted by Crippen LogP contribution is 2.52. The number of phosphoric ester groups is 1. The van der Waals surface area contributed by atoms with Crippen molar-refractivity contribution < 1.29 is 74.9 Å². The van der Waals surface area contributed by atoms with Crippen molar-refractivity contribution in [2.24, 2.45) is 11.8 Å². The molecular formula is C36H57FN3O16PS. The monoisotopic (exact) mass is 869 g/mol. The molecule has 4 atom stereocenters. The van der Waals surface area contributed by atoms with Crippen LogP contribution >= 0.6 is 19.6 Å². The second kappa shape index (κ2) is 21.0. The number of hydrogen-bond acceptors (Lipinski definition) is 18. The minimum atomic E-state index is -4.59. The molecule has 0 N–H and O–H groups in total. The maximum atomic E-state index is 16.5. The second-order valence-electron chi connectivity index (χ2n) is 16.4. The van der Waals surface area contributed by atoms with Gasteiger partial charge in [0, 0.05) is 6.20 Å². The Balaban J connectivity index is 2.46. The number of carbonyl (C=O) groups excluding carboxylic acids is 5. The van der Waals surface area contributed by atoms with Crippen LogP contribution in [-0.4, -0.2) is 107 Å². The Labute approximate surface area is 341 Å². The van der Waals surface area contributed by atoms with E-state index in [1.54, 1.807) is 90.0 Å². The highest BCUT2D eigenvalue weighted by molar-refractivity contribution is 8.00. The molecule has 2 amide bonds. The highest BCUT2D eigenvalue weighted by Gasteiger charge is 2.50. The molecule has 1 fully saturated rings. The number of phosphoric acid groups is 1. The van der Waals surface area contributed by atoms with Crippen molar-refractivity contribution in [3.8, 4) is 0 Å². The van der Waals surface area contributed by atoms with Crippen LogP contribution < -0.4 is 10.6 Å². The molecule has 19 nitrogen and oxygen atoms in total. The van der Waals surface area contributed by atoms with E-state index in [0.717, 1.165) is 28.6 Å². The molecule has 330 valence electrons. The first-order valence-corrected chi connectivity index (χ1v) is 20.8. The zero-order valence-corrected chi connectivity index (χ0v) is 37.0. The van der Waals surface area contributed by atoms with Gasteiger partial charge in [0.25, 0.3) is 0 Å². The number of amides is 2. The van der Waals surface area contributed by atoms with E-state index in [1.807, 2.05) is 0 Å². The van der Waals surface area contributed by atoms with Crippen LogP contribution in [-0.2, 0) is 56.1 Å². The lowest BCUT2D eigenvalue weighted by atomic mass is 10.1. The van der Waals surface area contributed by atoms with Gasteiger partial charge in [0.2, 0.25) is 0 Å². The average molecular weight is 870 g/mol. The molecule has 0 aromatic carbocycles. The van der Waals surface area contributed by atoms with Gasteiger partial charge >= 0.3 is 43.8 Å². The third-order valence-corrected chi connectivity index (χ3v) is 9.84. The van der Waals surface area contributed by atoms with E-state index in [0.29, 0.717) is 4.90 Å². The molecule has 58 heavy (non-hydrogen) atoms. The van der Waals surface area contributed by atoms with Gasteiger partial charge in [0.15, 0.2) is 18.1 Å². The van der Waals surface area contributed by atoms with Crippen molar-refractivity contribution in [1.29, 1.82) is 0 Å². The molecule has 1 aliphatic rings. The van der Waals surface area contributed by atoms with Gasteiger partial charge in [-0.2, -0.15) is 9.88 Å². The van der Waals surface area contributed by atoms with Gasteiger partial charge < -0.3 is 28.4 Å². The van der Waals surface area contributed by atoms with Crippen LogP contribution in [0.4, 0.5) is 24.6 Å². The van der Waals surface area contributed by atoms with Crippen LogP contribution in [0.3, 0.4) is 0 Å². The maximum absolute atomic E-state index is 16.5. The number of thioether (sulfide) groups is 1. The van der Waals surface area contributed by atoms with Crippen molar-refractivity contribution in [2.75, 3.05) is 37.9 Å². The van der Waals surface area contributed by atoms with Gasteiger partial charge in [-0.1, -0.05) is 27.7 Å². The first kappa shape index (κ1) is 50.4. The minimum Gasteiger partial charge on any atom is -0.463 e. The van der Waals surface area contributed by atoms with Crippen molar-refractivity contribution in [3.05, 3.63) is 22.7 Å². The molecule has 0 saturated carbocycles. The second-order valence-corrected chi connectivity index (χ2v) is 19.4. The van der Waals surface area contributed by atoms with Gasteiger partial charge in [-0.25, -0.2) is 28.1 Å². The van der Waals surface area contributed by atoms with Crippen LogP contribution in [0.5, 0.6) is 0 Å². The van der Waals surface area contributed by atoms with Gasteiger partial charge in [0.1, 0.15) is 35.4 Å². The number of ether oxygens (including phenoxy) is 6. The summed E-state index contributed by atoms with van der Waals surface area (Å²) in [5.41, 5.74) is -4.29. The lowest BCUT2D eigenvalue weighted by molar-refractivity contribution is -0.148. The molecule has 22 heteroatoms. The van der Waals surface area contributed by atoms with Crippen molar-refractivity contribution in [1.82, 2.24) is 9.55 Å². The number of esters is 2. The average Bonchev–Trinajstić information content (AvgIpc) is 3.35. The summed E-state index contributed by atoms with van der Waals surface area (Å²) in [7, 11) is -4.59. The van der Waals surface area contributed by atoms with Crippen LogP contribution in [0.2, 0.25) is 0 Å². The van der Waals surface area contributed by atoms with E-state index in [2.05, 4.69) is 4.98 Å². The SMILES string of the molecule is CC(C)C(=O)OCCOP(=O)(OCCOC(=O)C(C)C)OC[C@H]1S[C@@H](n2ccc(N(C(=O)OC(C)(C)C)C(=O)OC(C)(C)C)nc2=O)[C@@H](F)[C@@H]1OC(=O)OC(C)(C)C. The number of anilines is 1. The normalized spacial score (nSPS) is 18.8. The molecule has 1 aromatic rings. The molecule has 2 heterocycles. The predicted octanol–water partition coefficient (Wildman–Crippen LogP) is 6.75. The van der Waals surface area contributed by atoms with Gasteiger partial charge in [-0.05, 0) is 68.4 Å². The largest absolute Gasteiger partial charge is 0.509 e. The lowest BCUT2D eigenvalue weighted by Gasteiger charge is -2.28. The Morgan fingerprint density at radius 2 is 1.26 bits per heavy atom. The van der Waals surface area contributed by atoms with Gasteiger partial charge in [-0.15, -0.1) is 11.8 Å². The zero-order valence-electron chi connectivity index (χ0n) is 35.3. The fourth-order valence-electron chi connectivity index (χ4n) is 4.37. The molecule has 1 aliphatic heterocycles. The van der Waals surface area contributed by atoms with E-state index < -0.39 is 121 Å². The topological polar surface area (TPSA) is 224 Å². The number of aromatic nitrogens is 2. The minimum absolute atomic E-state index is 0.335. The summed E-state index contributed by atoms with van der Waals surface area (Å²) in [5.74, 6) is -2.50. The molecular weight excluding hydrogens is 812 g/mol. The number of alkyl halides is 1. The van der Waals surface area contributed by atoms with Crippen LogP contribution in [0.15, 0.2) is 17.1 Å². The van der Waals surface area contributed by atoms with Crippen LogP contribution in [0.1, 0.15) is 95.4 Å². The molecule has 0 spiro atoms. The number of carbonyl (C=O) groups is 5. The van der Waals surface area contributed by atoms with Crippen molar-refractivity contribution >= 4 is 55.7 Å². The van der Waals surface area contributed by atoms with E-state index in [4.69, 9.17) is 42.0 Å². The molecule has 0 unspecified atom stereocenters. The highest BCUT2D eigenvalue weighted by atomic mass is 32.2. The first-order valence-electron chi connectivity index (χ1n) is 18.4. The third-order valence-electron chi connectivity index (χ3n) is 6.85. The number of imide groups is 1. The predicted molar refractivity (Wildman–Crippen MR) is 207 cm³/mol. The Bertz CT molecular complexity index is 1640. The summed E-state index contributed by atoms with van der Waals surface area (Å²) in [6.07, 6.45) is -6.43. The van der Waals surface area contributed by atoms with Crippen LogP contribution in [0.25, 0.3) is 0 Å². The Morgan fingerprint density at radius 3 is 1.67 bits per heavy atom. The molecule has 1 saturated heterocycles.